The van der Waals surface area contributed by atoms with E-state index in [2.05, 4.69) is 9.71 Å². The second-order valence-electron chi connectivity index (χ2n) is 3.53. The molecule has 1 aromatic carbocycles. The Labute approximate surface area is 99.4 Å². The fourth-order valence-corrected chi connectivity index (χ4v) is 2.97. The van der Waals surface area contributed by atoms with Gasteiger partial charge in [-0.3, -0.25) is 0 Å². The third-order valence-corrected chi connectivity index (χ3v) is 3.81. The Bertz CT molecular complexity index is 552. The number of hydrogen-bond donors (Lipinski definition) is 1. The van der Waals surface area contributed by atoms with Crippen LogP contribution in [0.25, 0.3) is 0 Å². The van der Waals surface area contributed by atoms with Gasteiger partial charge in [-0.1, -0.05) is 18.5 Å². The van der Waals surface area contributed by atoms with Gasteiger partial charge in [-0.05, 0) is 24.6 Å². The van der Waals surface area contributed by atoms with Crippen LogP contribution in [0.15, 0.2) is 27.5 Å². The van der Waals surface area contributed by atoms with Gasteiger partial charge in [0.2, 0.25) is 0 Å². The molecule has 0 bridgehead atoms. The Balaban J connectivity index is 2.53. The van der Waals surface area contributed by atoms with E-state index in [1.165, 1.54) is 6.07 Å². The molecule has 1 aromatic rings. The summed E-state index contributed by atoms with van der Waals surface area (Å²) < 4.78 is 27.4. The van der Waals surface area contributed by atoms with Gasteiger partial charge < -0.3 is 5.32 Å². The van der Waals surface area contributed by atoms with Crippen LogP contribution >= 0.6 is 11.6 Å². The summed E-state index contributed by atoms with van der Waals surface area (Å²) in [5.41, 5.74) is 0.544. The molecule has 1 aliphatic heterocycles. The Morgan fingerprint density at radius 1 is 1.44 bits per heavy atom. The Morgan fingerprint density at radius 3 is 2.88 bits per heavy atom. The first-order chi connectivity index (χ1) is 7.53. The van der Waals surface area contributed by atoms with Crippen LogP contribution in [0, 0.1) is 0 Å². The molecule has 0 spiro atoms. The highest BCUT2D eigenvalue weighted by Crippen LogP contribution is 2.30. The van der Waals surface area contributed by atoms with Crippen molar-refractivity contribution in [2.75, 3.05) is 5.32 Å². The maximum atomic E-state index is 11.8. The van der Waals surface area contributed by atoms with Crippen LogP contribution in [0.2, 0.25) is 5.02 Å². The molecule has 16 heavy (non-hydrogen) atoms. The summed E-state index contributed by atoms with van der Waals surface area (Å²) in [5.74, 6) is 0.484. The van der Waals surface area contributed by atoms with Crippen molar-refractivity contribution in [2.45, 2.75) is 24.7 Å². The van der Waals surface area contributed by atoms with E-state index in [9.17, 15) is 8.42 Å². The van der Waals surface area contributed by atoms with E-state index in [4.69, 9.17) is 11.6 Å². The van der Waals surface area contributed by atoms with Crippen LogP contribution in [0.5, 0.6) is 0 Å². The number of nitrogens with zero attached hydrogens (tertiary/aromatic N) is 1. The first kappa shape index (κ1) is 11.4. The highest BCUT2D eigenvalue weighted by Gasteiger charge is 2.24. The van der Waals surface area contributed by atoms with Crippen molar-refractivity contribution >= 4 is 33.1 Å². The van der Waals surface area contributed by atoms with Gasteiger partial charge in [0.15, 0.2) is 0 Å². The lowest BCUT2D eigenvalue weighted by atomic mass is 10.2. The first-order valence-electron chi connectivity index (χ1n) is 4.93. The summed E-state index contributed by atoms with van der Waals surface area (Å²) in [6, 6.07) is 4.71. The minimum atomic E-state index is -3.59. The van der Waals surface area contributed by atoms with E-state index in [1.807, 2.05) is 6.92 Å². The molecule has 0 aromatic heterocycles. The number of hydrogen-bond acceptors (Lipinski definition) is 3. The maximum absolute atomic E-state index is 11.8. The van der Waals surface area contributed by atoms with Crippen LogP contribution in [-0.4, -0.2) is 14.3 Å². The molecule has 0 amide bonds. The molecular weight excluding hydrogens is 248 g/mol. The fourth-order valence-electron chi connectivity index (χ4n) is 1.53. The minimum Gasteiger partial charge on any atom is -0.342 e. The normalized spacial score (nSPS) is 17.2. The number of halogens is 1. The fraction of sp³-hybridized carbons (Fsp3) is 0.300. The zero-order valence-electron chi connectivity index (χ0n) is 8.70. The van der Waals surface area contributed by atoms with E-state index in [0.717, 1.165) is 6.42 Å². The molecule has 0 saturated heterocycles. The van der Waals surface area contributed by atoms with E-state index < -0.39 is 10.0 Å². The summed E-state index contributed by atoms with van der Waals surface area (Å²) >= 11 is 5.76. The summed E-state index contributed by atoms with van der Waals surface area (Å²) in [5, 5.41) is 3.38. The average molecular weight is 259 g/mol. The SMILES string of the molecule is CCCC1=NS(=O)(=O)c2cc(Cl)ccc2N1. The molecule has 86 valence electrons. The van der Waals surface area contributed by atoms with Crippen LogP contribution in [0.4, 0.5) is 5.69 Å². The third-order valence-electron chi connectivity index (χ3n) is 2.22. The van der Waals surface area contributed by atoms with Crippen LogP contribution in [0.1, 0.15) is 19.8 Å². The van der Waals surface area contributed by atoms with Crippen molar-refractivity contribution in [1.29, 1.82) is 0 Å². The molecule has 0 radical (unpaired) electrons. The predicted octanol–water partition coefficient (Wildman–Crippen LogP) is 2.65. The second-order valence-corrected chi connectivity index (χ2v) is 5.54. The molecular formula is C10H11ClN2O2S. The monoisotopic (exact) mass is 258 g/mol. The van der Waals surface area contributed by atoms with Gasteiger partial charge in [-0.25, -0.2) is 0 Å². The van der Waals surface area contributed by atoms with E-state index in [0.29, 0.717) is 23.0 Å². The lowest BCUT2D eigenvalue weighted by molar-refractivity contribution is 0.597. The molecule has 0 aliphatic carbocycles. The zero-order chi connectivity index (χ0) is 11.8. The number of benzene rings is 1. The molecule has 0 unspecified atom stereocenters. The van der Waals surface area contributed by atoms with E-state index in [-0.39, 0.29) is 4.90 Å². The number of sulfonamides is 1. The van der Waals surface area contributed by atoms with Gasteiger partial charge >= 0.3 is 0 Å². The lowest BCUT2D eigenvalue weighted by Gasteiger charge is -2.17. The lowest BCUT2D eigenvalue weighted by Crippen LogP contribution is -2.21. The van der Waals surface area contributed by atoms with E-state index in [1.54, 1.807) is 12.1 Å². The number of fused-ring (bicyclic) bond motifs is 1. The molecule has 1 heterocycles. The van der Waals surface area contributed by atoms with Crippen molar-refractivity contribution in [2.24, 2.45) is 4.40 Å². The second kappa shape index (κ2) is 4.07. The molecule has 2 rings (SSSR count). The highest BCUT2D eigenvalue weighted by molar-refractivity contribution is 7.90. The van der Waals surface area contributed by atoms with Crippen LogP contribution in [-0.2, 0) is 10.0 Å². The van der Waals surface area contributed by atoms with Crippen molar-refractivity contribution in [3.05, 3.63) is 23.2 Å². The van der Waals surface area contributed by atoms with Crippen LogP contribution < -0.4 is 5.32 Å². The topological polar surface area (TPSA) is 58.5 Å². The van der Waals surface area contributed by atoms with Crippen molar-refractivity contribution in [3.63, 3.8) is 0 Å². The van der Waals surface area contributed by atoms with Crippen molar-refractivity contribution in [1.82, 2.24) is 0 Å². The summed E-state index contributed by atoms with van der Waals surface area (Å²) in [4.78, 5) is 0.139. The number of nitrogens with one attached hydrogen (secondary N) is 1. The quantitative estimate of drug-likeness (QED) is 0.887. The molecule has 0 fully saturated rings. The Morgan fingerprint density at radius 2 is 2.19 bits per heavy atom. The summed E-state index contributed by atoms with van der Waals surface area (Å²) in [7, 11) is -3.59. The summed E-state index contributed by atoms with van der Waals surface area (Å²) in [6.45, 7) is 1.97. The van der Waals surface area contributed by atoms with E-state index >= 15 is 0 Å². The maximum Gasteiger partial charge on any atom is 0.286 e. The van der Waals surface area contributed by atoms with Gasteiger partial charge in [-0.2, -0.15) is 8.42 Å². The van der Waals surface area contributed by atoms with Crippen molar-refractivity contribution in [3.8, 4) is 0 Å². The minimum absolute atomic E-state index is 0.139. The third kappa shape index (κ3) is 2.05. The molecule has 1 N–H and O–H groups in total. The summed E-state index contributed by atoms with van der Waals surface area (Å²) in [6.07, 6.45) is 1.45. The Kier molecular flexibility index (Phi) is 2.90. The van der Waals surface area contributed by atoms with Crippen molar-refractivity contribution < 1.29 is 8.42 Å². The largest absolute Gasteiger partial charge is 0.342 e. The predicted molar refractivity (Wildman–Crippen MR) is 64.6 cm³/mol. The molecule has 4 nitrogen and oxygen atoms in total. The smallest absolute Gasteiger partial charge is 0.286 e. The Hall–Kier alpha value is -1.07. The van der Waals surface area contributed by atoms with Crippen LogP contribution in [0.3, 0.4) is 0 Å². The van der Waals surface area contributed by atoms with Gasteiger partial charge in [0, 0.05) is 11.4 Å². The van der Waals surface area contributed by atoms with Gasteiger partial charge in [-0.15, -0.1) is 4.40 Å². The van der Waals surface area contributed by atoms with Gasteiger partial charge in [0.05, 0.1) is 5.69 Å². The van der Waals surface area contributed by atoms with Gasteiger partial charge in [0.1, 0.15) is 10.7 Å². The molecule has 0 saturated carbocycles. The standard InChI is InChI=1S/C10H11ClN2O2S/c1-2-3-10-12-8-5-4-7(11)6-9(8)16(14,15)13-10/h4-6H,2-3H2,1H3,(H,12,13). The molecule has 6 heteroatoms. The molecule has 0 atom stereocenters. The number of rotatable bonds is 2. The zero-order valence-corrected chi connectivity index (χ0v) is 10.3. The number of amidine groups is 1. The number of anilines is 1. The highest BCUT2D eigenvalue weighted by atomic mass is 35.5. The van der Waals surface area contributed by atoms with Gasteiger partial charge in [0.25, 0.3) is 10.0 Å². The average Bonchev–Trinajstić information content (AvgIpc) is 2.19. The molecule has 1 aliphatic rings. The first-order valence-corrected chi connectivity index (χ1v) is 6.75.